The molecule has 106 valence electrons. The number of rotatable bonds is 6. The SMILES string of the molecule is CCCNC(C)c1ccc(N2CC(C(C)C)C2)cc1. The standard InChI is InChI=1S/C17H28N2/c1-5-10-18-14(4)15-6-8-17(9-7-15)19-11-16(12-19)13(2)3/h6-9,13-14,16,18H,5,10-12H2,1-4H3. The summed E-state index contributed by atoms with van der Waals surface area (Å²) >= 11 is 0. The summed E-state index contributed by atoms with van der Waals surface area (Å²) < 4.78 is 0. The Hall–Kier alpha value is -1.02. The van der Waals surface area contributed by atoms with E-state index in [4.69, 9.17) is 0 Å². The number of nitrogens with one attached hydrogen (secondary N) is 1. The number of nitrogens with zero attached hydrogens (tertiary/aromatic N) is 1. The minimum Gasteiger partial charge on any atom is -0.371 e. The van der Waals surface area contributed by atoms with Gasteiger partial charge in [0.25, 0.3) is 0 Å². The van der Waals surface area contributed by atoms with Crippen LogP contribution >= 0.6 is 0 Å². The Balaban J connectivity index is 1.89. The molecule has 1 atom stereocenters. The third-order valence-electron chi connectivity index (χ3n) is 4.31. The van der Waals surface area contributed by atoms with Crippen molar-refractivity contribution in [1.29, 1.82) is 0 Å². The molecule has 1 aliphatic heterocycles. The van der Waals surface area contributed by atoms with Crippen LogP contribution in [0.15, 0.2) is 24.3 Å². The van der Waals surface area contributed by atoms with E-state index in [-0.39, 0.29) is 0 Å². The maximum absolute atomic E-state index is 3.53. The molecule has 19 heavy (non-hydrogen) atoms. The lowest BCUT2D eigenvalue weighted by Gasteiger charge is -2.43. The molecule has 1 unspecified atom stereocenters. The largest absolute Gasteiger partial charge is 0.371 e. The highest BCUT2D eigenvalue weighted by Gasteiger charge is 2.28. The van der Waals surface area contributed by atoms with Crippen LogP contribution in [0.25, 0.3) is 0 Å². The summed E-state index contributed by atoms with van der Waals surface area (Å²) in [5, 5.41) is 3.53. The van der Waals surface area contributed by atoms with Crippen LogP contribution in [0.1, 0.15) is 45.7 Å². The molecule has 0 aliphatic carbocycles. The molecule has 1 fully saturated rings. The topological polar surface area (TPSA) is 15.3 Å². The highest BCUT2D eigenvalue weighted by molar-refractivity contribution is 5.50. The molecule has 0 aromatic heterocycles. The van der Waals surface area contributed by atoms with Crippen molar-refractivity contribution in [2.45, 2.75) is 40.2 Å². The zero-order valence-corrected chi connectivity index (χ0v) is 12.8. The lowest BCUT2D eigenvalue weighted by atomic mass is 9.88. The van der Waals surface area contributed by atoms with Crippen molar-refractivity contribution in [1.82, 2.24) is 5.32 Å². The fourth-order valence-corrected chi connectivity index (χ4v) is 2.60. The monoisotopic (exact) mass is 260 g/mol. The Morgan fingerprint density at radius 1 is 1.16 bits per heavy atom. The van der Waals surface area contributed by atoms with Crippen molar-refractivity contribution >= 4 is 5.69 Å². The van der Waals surface area contributed by atoms with Gasteiger partial charge in [-0.15, -0.1) is 0 Å². The summed E-state index contributed by atoms with van der Waals surface area (Å²) in [5.41, 5.74) is 2.77. The first-order chi connectivity index (χ1) is 9.11. The molecule has 2 heteroatoms. The summed E-state index contributed by atoms with van der Waals surface area (Å²) in [5.74, 6) is 1.69. The second-order valence-corrected chi connectivity index (χ2v) is 6.18. The van der Waals surface area contributed by atoms with Gasteiger partial charge in [-0.2, -0.15) is 0 Å². The van der Waals surface area contributed by atoms with E-state index >= 15 is 0 Å². The van der Waals surface area contributed by atoms with E-state index in [9.17, 15) is 0 Å². The highest BCUT2D eigenvalue weighted by Crippen LogP contribution is 2.29. The first-order valence-electron chi connectivity index (χ1n) is 7.70. The van der Waals surface area contributed by atoms with Crippen molar-refractivity contribution in [3.63, 3.8) is 0 Å². The Bertz CT molecular complexity index is 377. The molecule has 2 nitrogen and oxygen atoms in total. The van der Waals surface area contributed by atoms with Gasteiger partial charge in [0.1, 0.15) is 0 Å². The third-order valence-corrected chi connectivity index (χ3v) is 4.31. The molecule has 0 bridgehead atoms. The molecule has 0 amide bonds. The van der Waals surface area contributed by atoms with E-state index in [1.165, 1.54) is 30.8 Å². The number of benzene rings is 1. The number of hydrogen-bond acceptors (Lipinski definition) is 2. The molecule has 1 saturated heterocycles. The molecule has 1 aromatic rings. The molecule has 0 radical (unpaired) electrons. The molecule has 2 rings (SSSR count). The van der Waals surface area contributed by atoms with Crippen LogP contribution < -0.4 is 10.2 Å². The van der Waals surface area contributed by atoms with Gasteiger partial charge in [-0.1, -0.05) is 32.9 Å². The van der Waals surface area contributed by atoms with E-state index in [1.807, 2.05) is 0 Å². The minimum atomic E-state index is 0.453. The fourth-order valence-electron chi connectivity index (χ4n) is 2.60. The molecular weight excluding hydrogens is 232 g/mol. The summed E-state index contributed by atoms with van der Waals surface area (Å²) in [6.45, 7) is 12.6. The second kappa shape index (κ2) is 6.42. The average Bonchev–Trinajstić information content (AvgIpc) is 2.34. The van der Waals surface area contributed by atoms with Crippen molar-refractivity contribution in [2.75, 3.05) is 24.5 Å². The lowest BCUT2D eigenvalue weighted by Crippen LogP contribution is -2.49. The smallest absolute Gasteiger partial charge is 0.0366 e. The van der Waals surface area contributed by atoms with Crippen LogP contribution in [-0.4, -0.2) is 19.6 Å². The van der Waals surface area contributed by atoms with E-state index in [0.717, 1.165) is 18.4 Å². The molecule has 1 N–H and O–H groups in total. The van der Waals surface area contributed by atoms with Gasteiger partial charge in [0.2, 0.25) is 0 Å². The Kier molecular flexibility index (Phi) is 4.87. The molecule has 1 aromatic carbocycles. The maximum atomic E-state index is 3.53. The Labute approximate surface area is 118 Å². The second-order valence-electron chi connectivity index (χ2n) is 6.18. The van der Waals surface area contributed by atoms with Crippen LogP contribution in [0.3, 0.4) is 0 Å². The van der Waals surface area contributed by atoms with Crippen LogP contribution in [0.2, 0.25) is 0 Å². The van der Waals surface area contributed by atoms with Gasteiger partial charge in [-0.05, 0) is 49.4 Å². The quantitative estimate of drug-likeness (QED) is 0.836. The normalized spacial score (nSPS) is 17.6. The molecule has 0 saturated carbocycles. The third kappa shape index (κ3) is 3.50. The predicted octanol–water partition coefficient (Wildman–Crippen LogP) is 3.84. The average molecular weight is 260 g/mol. The van der Waals surface area contributed by atoms with Gasteiger partial charge >= 0.3 is 0 Å². The first-order valence-corrected chi connectivity index (χ1v) is 7.70. The van der Waals surface area contributed by atoms with E-state index in [2.05, 4.69) is 62.2 Å². The predicted molar refractivity (Wildman–Crippen MR) is 83.7 cm³/mol. The molecular formula is C17H28N2. The van der Waals surface area contributed by atoms with Crippen LogP contribution in [0.4, 0.5) is 5.69 Å². The Morgan fingerprint density at radius 2 is 1.79 bits per heavy atom. The van der Waals surface area contributed by atoms with Crippen molar-refractivity contribution in [2.24, 2.45) is 11.8 Å². The van der Waals surface area contributed by atoms with Gasteiger partial charge in [0.15, 0.2) is 0 Å². The van der Waals surface area contributed by atoms with Gasteiger partial charge in [0, 0.05) is 24.8 Å². The van der Waals surface area contributed by atoms with Crippen LogP contribution in [-0.2, 0) is 0 Å². The summed E-state index contributed by atoms with van der Waals surface area (Å²) in [6.07, 6.45) is 1.19. The van der Waals surface area contributed by atoms with E-state index in [0.29, 0.717) is 6.04 Å². The molecule has 0 spiro atoms. The van der Waals surface area contributed by atoms with Crippen molar-refractivity contribution in [3.8, 4) is 0 Å². The summed E-state index contributed by atoms with van der Waals surface area (Å²) in [6, 6.07) is 9.54. The summed E-state index contributed by atoms with van der Waals surface area (Å²) in [7, 11) is 0. The lowest BCUT2D eigenvalue weighted by molar-refractivity contribution is 0.310. The maximum Gasteiger partial charge on any atom is 0.0366 e. The van der Waals surface area contributed by atoms with Gasteiger partial charge in [0.05, 0.1) is 0 Å². The summed E-state index contributed by atoms with van der Waals surface area (Å²) in [4.78, 5) is 2.48. The van der Waals surface area contributed by atoms with E-state index < -0.39 is 0 Å². The zero-order chi connectivity index (χ0) is 13.8. The molecule has 1 aliphatic rings. The van der Waals surface area contributed by atoms with Crippen LogP contribution in [0, 0.1) is 11.8 Å². The van der Waals surface area contributed by atoms with Crippen molar-refractivity contribution in [3.05, 3.63) is 29.8 Å². The fraction of sp³-hybridized carbons (Fsp3) is 0.647. The minimum absolute atomic E-state index is 0.453. The highest BCUT2D eigenvalue weighted by atomic mass is 15.2. The number of hydrogen-bond donors (Lipinski definition) is 1. The molecule has 1 heterocycles. The van der Waals surface area contributed by atoms with Crippen LogP contribution in [0.5, 0.6) is 0 Å². The Morgan fingerprint density at radius 3 is 2.32 bits per heavy atom. The van der Waals surface area contributed by atoms with Gasteiger partial charge < -0.3 is 10.2 Å². The van der Waals surface area contributed by atoms with E-state index in [1.54, 1.807) is 0 Å². The van der Waals surface area contributed by atoms with Crippen molar-refractivity contribution < 1.29 is 0 Å². The van der Waals surface area contributed by atoms with Gasteiger partial charge in [-0.25, -0.2) is 0 Å². The first kappa shape index (κ1) is 14.4. The number of anilines is 1. The zero-order valence-electron chi connectivity index (χ0n) is 12.8. The van der Waals surface area contributed by atoms with Gasteiger partial charge in [-0.3, -0.25) is 0 Å².